The molecular formula is C15H28N2O3. The Kier molecular flexibility index (Phi) is 6.82. The van der Waals surface area contributed by atoms with Gasteiger partial charge >= 0.3 is 12.0 Å². The third-order valence-electron chi connectivity index (χ3n) is 3.99. The second kappa shape index (κ2) is 8.12. The van der Waals surface area contributed by atoms with Crippen LogP contribution in [0, 0.1) is 17.8 Å². The summed E-state index contributed by atoms with van der Waals surface area (Å²) in [5.74, 6) is 0.0237. The quantitative estimate of drug-likeness (QED) is 0.787. The summed E-state index contributed by atoms with van der Waals surface area (Å²) in [4.78, 5) is 24.8. The summed E-state index contributed by atoms with van der Waals surface area (Å²) in [5, 5.41) is 11.9. The predicted molar refractivity (Wildman–Crippen MR) is 78.6 cm³/mol. The summed E-state index contributed by atoms with van der Waals surface area (Å²) in [7, 11) is 0. The lowest BCUT2D eigenvalue weighted by Crippen LogP contribution is -2.43. The molecule has 0 saturated heterocycles. The molecule has 0 aliphatic heterocycles. The second-order valence-electron chi connectivity index (χ2n) is 6.17. The summed E-state index contributed by atoms with van der Waals surface area (Å²) in [5.41, 5.74) is 0. The van der Waals surface area contributed by atoms with Crippen LogP contribution in [0.1, 0.15) is 46.5 Å². The van der Waals surface area contributed by atoms with Gasteiger partial charge < -0.3 is 15.3 Å². The molecule has 1 aliphatic rings. The minimum absolute atomic E-state index is 0.00144. The van der Waals surface area contributed by atoms with Crippen LogP contribution < -0.4 is 5.32 Å². The first-order valence-corrected chi connectivity index (χ1v) is 7.69. The average molecular weight is 284 g/mol. The molecule has 20 heavy (non-hydrogen) atoms. The van der Waals surface area contributed by atoms with E-state index in [1.807, 2.05) is 11.8 Å². The Bertz CT molecular complexity index is 323. The Morgan fingerprint density at radius 2 is 1.85 bits per heavy atom. The van der Waals surface area contributed by atoms with Gasteiger partial charge in [0.05, 0.1) is 5.92 Å². The van der Waals surface area contributed by atoms with Crippen molar-refractivity contribution in [3.8, 4) is 0 Å². The number of carbonyl (C=O) groups is 2. The molecule has 0 radical (unpaired) electrons. The highest BCUT2D eigenvalue weighted by Crippen LogP contribution is 2.28. The van der Waals surface area contributed by atoms with Gasteiger partial charge in [-0.2, -0.15) is 0 Å². The fourth-order valence-electron chi connectivity index (χ4n) is 2.75. The smallest absolute Gasteiger partial charge is 0.317 e. The van der Waals surface area contributed by atoms with Crippen LogP contribution >= 0.6 is 0 Å². The zero-order valence-corrected chi connectivity index (χ0v) is 12.9. The number of amides is 2. The SMILES string of the molecule is CCN(CC(C)C)C(=O)NCC1CCC(C(=O)O)CC1. The van der Waals surface area contributed by atoms with E-state index in [1.165, 1.54) is 0 Å². The van der Waals surface area contributed by atoms with E-state index in [0.717, 1.165) is 38.8 Å². The number of nitrogens with one attached hydrogen (secondary N) is 1. The van der Waals surface area contributed by atoms with E-state index in [-0.39, 0.29) is 11.9 Å². The number of carboxylic acid groups (broad SMARTS) is 1. The van der Waals surface area contributed by atoms with Crippen LogP contribution in [0.5, 0.6) is 0 Å². The molecule has 0 spiro atoms. The van der Waals surface area contributed by atoms with Crippen LogP contribution in [0.25, 0.3) is 0 Å². The van der Waals surface area contributed by atoms with Crippen molar-refractivity contribution >= 4 is 12.0 Å². The van der Waals surface area contributed by atoms with E-state index in [2.05, 4.69) is 19.2 Å². The predicted octanol–water partition coefficient (Wildman–Crippen LogP) is 2.56. The van der Waals surface area contributed by atoms with E-state index in [9.17, 15) is 9.59 Å². The molecule has 0 bridgehead atoms. The summed E-state index contributed by atoms with van der Waals surface area (Å²) in [6.45, 7) is 8.34. The van der Waals surface area contributed by atoms with Crippen molar-refractivity contribution in [3.63, 3.8) is 0 Å². The van der Waals surface area contributed by atoms with Crippen molar-refractivity contribution in [1.82, 2.24) is 10.2 Å². The van der Waals surface area contributed by atoms with Gasteiger partial charge in [0.25, 0.3) is 0 Å². The third kappa shape index (κ3) is 5.39. The highest BCUT2D eigenvalue weighted by Gasteiger charge is 2.26. The maximum Gasteiger partial charge on any atom is 0.317 e. The van der Waals surface area contributed by atoms with E-state index in [4.69, 9.17) is 5.11 Å². The van der Waals surface area contributed by atoms with Gasteiger partial charge in [-0.15, -0.1) is 0 Å². The summed E-state index contributed by atoms with van der Waals surface area (Å²) >= 11 is 0. The molecule has 0 unspecified atom stereocenters. The number of carboxylic acids is 1. The molecule has 1 saturated carbocycles. The van der Waals surface area contributed by atoms with Crippen molar-refractivity contribution in [2.75, 3.05) is 19.6 Å². The lowest BCUT2D eigenvalue weighted by molar-refractivity contribution is -0.143. The molecule has 1 fully saturated rings. The van der Waals surface area contributed by atoms with Crippen molar-refractivity contribution in [3.05, 3.63) is 0 Å². The van der Waals surface area contributed by atoms with Crippen LogP contribution in [0.3, 0.4) is 0 Å². The van der Waals surface area contributed by atoms with Gasteiger partial charge in [0.2, 0.25) is 0 Å². The highest BCUT2D eigenvalue weighted by atomic mass is 16.4. The topological polar surface area (TPSA) is 69.6 Å². The number of rotatable bonds is 6. The van der Waals surface area contributed by atoms with Gasteiger partial charge in [0.15, 0.2) is 0 Å². The zero-order chi connectivity index (χ0) is 15.1. The first-order valence-electron chi connectivity index (χ1n) is 7.69. The molecule has 0 aromatic heterocycles. The highest BCUT2D eigenvalue weighted by molar-refractivity contribution is 5.74. The molecule has 5 heteroatoms. The molecule has 0 atom stereocenters. The lowest BCUT2D eigenvalue weighted by Gasteiger charge is -2.28. The van der Waals surface area contributed by atoms with Gasteiger partial charge in [-0.05, 0) is 44.4 Å². The molecule has 2 amide bonds. The molecule has 0 heterocycles. The molecule has 1 rings (SSSR count). The van der Waals surface area contributed by atoms with Crippen LogP contribution in [-0.4, -0.2) is 41.6 Å². The number of hydrogen-bond acceptors (Lipinski definition) is 2. The maximum atomic E-state index is 12.0. The van der Waals surface area contributed by atoms with E-state index in [1.54, 1.807) is 0 Å². The molecule has 5 nitrogen and oxygen atoms in total. The molecule has 0 aromatic carbocycles. The Balaban J connectivity index is 2.29. The fraction of sp³-hybridized carbons (Fsp3) is 0.867. The fourth-order valence-corrected chi connectivity index (χ4v) is 2.75. The van der Waals surface area contributed by atoms with Gasteiger partial charge in [-0.3, -0.25) is 4.79 Å². The molecule has 1 aliphatic carbocycles. The number of carbonyl (C=O) groups excluding carboxylic acids is 1. The first kappa shape index (κ1) is 16.8. The minimum atomic E-state index is -0.679. The monoisotopic (exact) mass is 284 g/mol. The summed E-state index contributed by atoms with van der Waals surface area (Å²) in [6.07, 6.45) is 3.26. The van der Waals surface area contributed by atoms with E-state index in [0.29, 0.717) is 18.4 Å². The number of hydrogen-bond donors (Lipinski definition) is 2. The van der Waals surface area contributed by atoms with Crippen molar-refractivity contribution in [1.29, 1.82) is 0 Å². The zero-order valence-electron chi connectivity index (χ0n) is 12.9. The Labute approximate surface area is 121 Å². The molecule has 2 N–H and O–H groups in total. The Morgan fingerprint density at radius 3 is 2.30 bits per heavy atom. The number of urea groups is 1. The van der Waals surface area contributed by atoms with Crippen LogP contribution in [-0.2, 0) is 4.79 Å². The standard InChI is InChI=1S/C15H28N2O3/c1-4-17(10-11(2)3)15(20)16-9-12-5-7-13(8-6-12)14(18)19/h11-13H,4-10H2,1-3H3,(H,16,20)(H,18,19). The second-order valence-corrected chi connectivity index (χ2v) is 6.17. The van der Waals surface area contributed by atoms with Crippen LogP contribution in [0.15, 0.2) is 0 Å². The number of nitrogens with zero attached hydrogens (tertiary/aromatic N) is 1. The lowest BCUT2D eigenvalue weighted by atomic mass is 9.82. The summed E-state index contributed by atoms with van der Waals surface area (Å²) in [6, 6.07) is 0.00144. The van der Waals surface area contributed by atoms with Crippen LogP contribution in [0.2, 0.25) is 0 Å². The molecule has 0 aromatic rings. The van der Waals surface area contributed by atoms with Crippen LogP contribution in [0.4, 0.5) is 4.79 Å². The van der Waals surface area contributed by atoms with Gasteiger partial charge in [-0.25, -0.2) is 4.79 Å². The number of aliphatic carboxylic acids is 1. The normalized spacial score (nSPS) is 22.6. The third-order valence-corrected chi connectivity index (χ3v) is 3.99. The van der Waals surface area contributed by atoms with Crippen molar-refractivity contribution < 1.29 is 14.7 Å². The molecule has 116 valence electrons. The summed E-state index contributed by atoms with van der Waals surface area (Å²) < 4.78 is 0. The average Bonchev–Trinajstić information content (AvgIpc) is 2.42. The van der Waals surface area contributed by atoms with Gasteiger partial charge in [-0.1, -0.05) is 13.8 Å². The van der Waals surface area contributed by atoms with Crippen molar-refractivity contribution in [2.24, 2.45) is 17.8 Å². The van der Waals surface area contributed by atoms with E-state index >= 15 is 0 Å². The minimum Gasteiger partial charge on any atom is -0.481 e. The Morgan fingerprint density at radius 1 is 1.25 bits per heavy atom. The van der Waals surface area contributed by atoms with Crippen molar-refractivity contribution in [2.45, 2.75) is 46.5 Å². The Hall–Kier alpha value is -1.26. The largest absolute Gasteiger partial charge is 0.481 e. The van der Waals surface area contributed by atoms with E-state index < -0.39 is 5.97 Å². The van der Waals surface area contributed by atoms with Gasteiger partial charge in [0.1, 0.15) is 0 Å². The molecular weight excluding hydrogens is 256 g/mol. The van der Waals surface area contributed by atoms with Gasteiger partial charge in [0, 0.05) is 19.6 Å². The maximum absolute atomic E-state index is 12.0. The first-order chi connectivity index (χ1) is 9.43.